The van der Waals surface area contributed by atoms with E-state index in [1.807, 2.05) is 22.5 Å². The number of nitrogens with zero attached hydrogens (tertiary/aromatic N) is 4. The summed E-state index contributed by atoms with van der Waals surface area (Å²) in [5, 5.41) is 7.40. The van der Waals surface area contributed by atoms with Crippen LogP contribution in [0.25, 0.3) is 10.6 Å². The van der Waals surface area contributed by atoms with Crippen LogP contribution < -0.4 is 0 Å². The molecule has 3 rings (SSSR count). The number of hydrogen-bond donors (Lipinski definition) is 0. The average molecular weight is 264 g/mol. The minimum Gasteiger partial charge on any atom is -0.379 e. The Morgan fingerprint density at radius 1 is 1.28 bits per heavy atom. The molecule has 2 aromatic rings. The van der Waals surface area contributed by atoms with Crippen molar-refractivity contribution < 1.29 is 4.74 Å². The lowest BCUT2D eigenvalue weighted by Crippen LogP contribution is -2.38. The minimum atomic E-state index is 0.851. The van der Waals surface area contributed by atoms with Crippen molar-refractivity contribution in [3.8, 4) is 10.6 Å². The molecule has 1 saturated heterocycles. The third kappa shape index (κ3) is 2.77. The SMILES string of the molecule is c1csc(-c2cnn(CCN3CCOCC3)c2)n1. The maximum atomic E-state index is 5.33. The van der Waals surface area contributed by atoms with E-state index in [4.69, 9.17) is 4.74 Å². The number of aromatic nitrogens is 3. The van der Waals surface area contributed by atoms with Crippen LogP contribution in [0, 0.1) is 0 Å². The normalized spacial score (nSPS) is 17.1. The van der Waals surface area contributed by atoms with Gasteiger partial charge in [0.1, 0.15) is 5.01 Å². The van der Waals surface area contributed by atoms with Crippen molar-refractivity contribution in [2.75, 3.05) is 32.8 Å². The lowest BCUT2D eigenvalue weighted by molar-refractivity contribution is 0.0360. The maximum Gasteiger partial charge on any atom is 0.126 e. The molecule has 0 spiro atoms. The lowest BCUT2D eigenvalue weighted by Gasteiger charge is -2.26. The monoisotopic (exact) mass is 264 g/mol. The quantitative estimate of drug-likeness (QED) is 0.836. The summed E-state index contributed by atoms with van der Waals surface area (Å²) in [7, 11) is 0. The molecule has 0 amide bonds. The Morgan fingerprint density at radius 3 is 2.94 bits per heavy atom. The molecule has 0 atom stereocenters. The fourth-order valence-corrected chi connectivity index (χ4v) is 2.64. The van der Waals surface area contributed by atoms with Gasteiger partial charge in [-0.3, -0.25) is 9.58 Å². The highest BCUT2D eigenvalue weighted by Crippen LogP contribution is 2.20. The van der Waals surface area contributed by atoms with Crippen LogP contribution in [-0.2, 0) is 11.3 Å². The first-order valence-electron chi connectivity index (χ1n) is 6.14. The molecule has 0 aliphatic carbocycles. The summed E-state index contributed by atoms with van der Waals surface area (Å²) in [5.41, 5.74) is 1.10. The zero-order chi connectivity index (χ0) is 12.2. The number of hydrogen-bond acceptors (Lipinski definition) is 5. The molecule has 18 heavy (non-hydrogen) atoms. The zero-order valence-electron chi connectivity index (χ0n) is 10.2. The first kappa shape index (κ1) is 11.8. The Hall–Kier alpha value is -1.24. The molecule has 1 aliphatic rings. The predicted molar refractivity (Wildman–Crippen MR) is 70.6 cm³/mol. The summed E-state index contributed by atoms with van der Waals surface area (Å²) in [6, 6.07) is 0. The fraction of sp³-hybridized carbons (Fsp3) is 0.500. The third-order valence-corrected chi connectivity index (χ3v) is 3.88. The highest BCUT2D eigenvalue weighted by Gasteiger charge is 2.10. The van der Waals surface area contributed by atoms with E-state index in [1.54, 1.807) is 11.3 Å². The molecule has 0 bridgehead atoms. The first-order chi connectivity index (χ1) is 8.92. The Labute approximate surface area is 110 Å². The lowest BCUT2D eigenvalue weighted by atomic mass is 10.4. The Bertz CT molecular complexity index is 476. The smallest absolute Gasteiger partial charge is 0.126 e. The van der Waals surface area contributed by atoms with Crippen molar-refractivity contribution in [2.45, 2.75) is 6.54 Å². The Morgan fingerprint density at radius 2 is 2.17 bits per heavy atom. The van der Waals surface area contributed by atoms with Crippen molar-refractivity contribution in [1.29, 1.82) is 0 Å². The molecular formula is C12H16N4OS. The molecule has 0 N–H and O–H groups in total. The van der Waals surface area contributed by atoms with Gasteiger partial charge in [0.25, 0.3) is 0 Å². The standard InChI is InChI=1S/C12H16N4OS/c1-8-18-12(13-1)11-9-14-16(10-11)3-2-15-4-6-17-7-5-15/h1,8-10H,2-7H2. The zero-order valence-corrected chi connectivity index (χ0v) is 11.0. The van der Waals surface area contributed by atoms with Gasteiger partial charge in [-0.25, -0.2) is 4.98 Å². The highest BCUT2D eigenvalue weighted by molar-refractivity contribution is 7.13. The molecule has 5 nitrogen and oxygen atoms in total. The van der Waals surface area contributed by atoms with Gasteiger partial charge in [-0.2, -0.15) is 5.10 Å². The Kier molecular flexibility index (Phi) is 3.68. The fourth-order valence-electron chi connectivity index (χ4n) is 2.03. The van der Waals surface area contributed by atoms with Crippen molar-refractivity contribution in [2.24, 2.45) is 0 Å². The van der Waals surface area contributed by atoms with Crippen molar-refractivity contribution in [3.63, 3.8) is 0 Å². The largest absolute Gasteiger partial charge is 0.379 e. The predicted octanol–water partition coefficient (Wildman–Crippen LogP) is 1.34. The average Bonchev–Trinajstić information content (AvgIpc) is 3.08. The van der Waals surface area contributed by atoms with Crippen molar-refractivity contribution in [3.05, 3.63) is 24.0 Å². The molecule has 1 aliphatic heterocycles. The van der Waals surface area contributed by atoms with Crippen LogP contribution in [0.3, 0.4) is 0 Å². The van der Waals surface area contributed by atoms with E-state index < -0.39 is 0 Å². The van der Waals surface area contributed by atoms with E-state index in [1.165, 1.54) is 0 Å². The van der Waals surface area contributed by atoms with Crippen molar-refractivity contribution in [1.82, 2.24) is 19.7 Å². The number of ether oxygens (including phenoxy) is 1. The second-order valence-corrected chi connectivity index (χ2v) is 5.18. The second-order valence-electron chi connectivity index (χ2n) is 4.28. The summed E-state index contributed by atoms with van der Waals surface area (Å²) in [6.07, 6.45) is 5.78. The van der Waals surface area contributed by atoms with Crippen LogP contribution in [0.5, 0.6) is 0 Å². The Balaban J connectivity index is 1.57. The summed E-state index contributed by atoms with van der Waals surface area (Å²) in [4.78, 5) is 6.70. The second kappa shape index (κ2) is 5.60. The van der Waals surface area contributed by atoms with Gasteiger partial charge in [-0.15, -0.1) is 11.3 Å². The molecule has 96 valence electrons. The summed E-state index contributed by atoms with van der Waals surface area (Å²) in [5.74, 6) is 0. The summed E-state index contributed by atoms with van der Waals surface area (Å²) in [6.45, 7) is 5.71. The highest BCUT2D eigenvalue weighted by atomic mass is 32.1. The molecule has 2 aromatic heterocycles. The number of rotatable bonds is 4. The van der Waals surface area contributed by atoms with Gasteiger partial charge in [0.05, 0.1) is 26.0 Å². The molecule has 0 aromatic carbocycles. The van der Waals surface area contributed by atoms with Gasteiger partial charge in [0.15, 0.2) is 0 Å². The van der Waals surface area contributed by atoms with Crippen molar-refractivity contribution >= 4 is 11.3 Å². The third-order valence-electron chi connectivity index (χ3n) is 3.06. The van der Waals surface area contributed by atoms with E-state index in [9.17, 15) is 0 Å². The van der Waals surface area contributed by atoms with Crippen LogP contribution in [0.1, 0.15) is 0 Å². The van der Waals surface area contributed by atoms with Gasteiger partial charge in [-0.05, 0) is 0 Å². The maximum absolute atomic E-state index is 5.33. The summed E-state index contributed by atoms with van der Waals surface area (Å²) < 4.78 is 7.33. The number of thiazole rings is 1. The van der Waals surface area contributed by atoms with Gasteiger partial charge >= 0.3 is 0 Å². The van der Waals surface area contributed by atoms with Crippen LogP contribution in [0.4, 0.5) is 0 Å². The first-order valence-corrected chi connectivity index (χ1v) is 7.02. The van der Waals surface area contributed by atoms with Gasteiger partial charge in [0, 0.05) is 43.0 Å². The summed E-state index contributed by atoms with van der Waals surface area (Å²) >= 11 is 1.64. The molecule has 0 unspecified atom stereocenters. The van der Waals surface area contributed by atoms with Gasteiger partial charge < -0.3 is 4.74 Å². The minimum absolute atomic E-state index is 0.851. The van der Waals surface area contributed by atoms with E-state index >= 15 is 0 Å². The molecule has 1 fully saturated rings. The van der Waals surface area contributed by atoms with Gasteiger partial charge in [0.2, 0.25) is 0 Å². The van der Waals surface area contributed by atoms with Crippen LogP contribution in [0.15, 0.2) is 24.0 Å². The van der Waals surface area contributed by atoms with Crippen LogP contribution >= 0.6 is 11.3 Å². The van der Waals surface area contributed by atoms with E-state index in [2.05, 4.69) is 21.2 Å². The molecule has 0 saturated carbocycles. The van der Waals surface area contributed by atoms with Gasteiger partial charge in [-0.1, -0.05) is 0 Å². The molecule has 0 radical (unpaired) electrons. The van der Waals surface area contributed by atoms with E-state index in [0.717, 1.165) is 50.0 Å². The molecule has 3 heterocycles. The van der Waals surface area contributed by atoms with Crippen LogP contribution in [-0.4, -0.2) is 52.5 Å². The number of morpholine rings is 1. The molecule has 6 heteroatoms. The topological polar surface area (TPSA) is 43.2 Å². The molecular weight excluding hydrogens is 248 g/mol. The van der Waals surface area contributed by atoms with E-state index in [0.29, 0.717) is 0 Å². The van der Waals surface area contributed by atoms with E-state index in [-0.39, 0.29) is 0 Å². The van der Waals surface area contributed by atoms with Crippen LogP contribution in [0.2, 0.25) is 0 Å².